The van der Waals surface area contributed by atoms with E-state index in [0.29, 0.717) is 27.2 Å². The minimum absolute atomic E-state index is 0. The molecule has 0 saturated carbocycles. The van der Waals surface area contributed by atoms with Crippen LogP contribution in [0.25, 0.3) is 10.8 Å². The second kappa shape index (κ2) is 12.0. The topological polar surface area (TPSA) is 140 Å². The van der Waals surface area contributed by atoms with Crippen LogP contribution in [0.3, 0.4) is 0 Å². The van der Waals surface area contributed by atoms with Crippen molar-refractivity contribution in [1.82, 2.24) is 0 Å². The molecule has 190 valence electrons. The summed E-state index contributed by atoms with van der Waals surface area (Å²) in [4.78, 5) is 12.7. The zero-order valence-electron chi connectivity index (χ0n) is 20.3. The van der Waals surface area contributed by atoms with E-state index in [1.54, 1.807) is 36.4 Å². The SMILES string of the molecule is COc1cc(Cl)ccc1NC(=O)c1cc2ccccc2c(N=Nc2cc(Cl)cc(S(=O)(=O)O)c2C)c1[O-].[Na+]. The van der Waals surface area contributed by atoms with Crippen molar-refractivity contribution in [3.63, 3.8) is 0 Å². The molecule has 1 amide bonds. The first-order chi connectivity index (χ1) is 17.5. The molecule has 0 aliphatic rings. The van der Waals surface area contributed by atoms with E-state index in [-0.39, 0.29) is 57.1 Å². The van der Waals surface area contributed by atoms with Gasteiger partial charge in [-0.05, 0) is 48.2 Å². The molecular formula is C25H18Cl2N3NaO6S. The molecule has 0 fully saturated rings. The van der Waals surface area contributed by atoms with Gasteiger partial charge in [0, 0.05) is 27.1 Å². The number of nitrogens with zero attached hydrogens (tertiary/aromatic N) is 2. The summed E-state index contributed by atoms with van der Waals surface area (Å²) in [5, 5.41) is 25.5. The molecule has 0 spiro atoms. The standard InChI is InChI=1S/C25H19Cl2N3O6S.Na/c1-13-20(10-16(27)12-22(13)37(33,34)35)29-30-23-17-6-4-3-5-14(17)9-18(24(23)31)25(32)28-19-8-7-15(26)11-21(19)36-2;/h3-12,31H,1-2H3,(H,28,32)(H,33,34,35);/q;+1/p-1. The Bertz CT molecular complexity index is 1700. The molecule has 2 N–H and O–H groups in total. The van der Waals surface area contributed by atoms with Crippen molar-refractivity contribution in [3.05, 3.63) is 81.8 Å². The van der Waals surface area contributed by atoms with Gasteiger partial charge in [0.2, 0.25) is 0 Å². The number of carbonyl (C=O) groups is 1. The Balaban J connectivity index is 0.00000400. The molecule has 0 aliphatic carbocycles. The predicted molar refractivity (Wildman–Crippen MR) is 140 cm³/mol. The van der Waals surface area contributed by atoms with Crippen molar-refractivity contribution < 1.29 is 57.2 Å². The van der Waals surface area contributed by atoms with Crippen molar-refractivity contribution in [2.24, 2.45) is 10.2 Å². The van der Waals surface area contributed by atoms with Crippen molar-refractivity contribution in [2.45, 2.75) is 11.8 Å². The summed E-state index contributed by atoms with van der Waals surface area (Å²) in [6, 6.07) is 15.3. The van der Waals surface area contributed by atoms with Gasteiger partial charge in [-0.3, -0.25) is 9.35 Å². The van der Waals surface area contributed by atoms with E-state index in [4.69, 9.17) is 27.9 Å². The maximum Gasteiger partial charge on any atom is 1.00 e. The first-order valence-electron chi connectivity index (χ1n) is 10.6. The van der Waals surface area contributed by atoms with Gasteiger partial charge in [0.25, 0.3) is 16.0 Å². The van der Waals surface area contributed by atoms with Gasteiger partial charge in [-0.2, -0.15) is 18.6 Å². The molecule has 0 radical (unpaired) electrons. The Morgan fingerprint density at radius 2 is 1.74 bits per heavy atom. The largest absolute Gasteiger partial charge is 1.00 e. The summed E-state index contributed by atoms with van der Waals surface area (Å²) in [7, 11) is -3.16. The van der Waals surface area contributed by atoms with Crippen LogP contribution in [-0.2, 0) is 10.1 Å². The second-order valence-electron chi connectivity index (χ2n) is 7.84. The van der Waals surface area contributed by atoms with E-state index in [1.165, 1.54) is 32.2 Å². The zero-order valence-corrected chi connectivity index (χ0v) is 24.6. The fourth-order valence-corrected chi connectivity index (χ4v) is 4.86. The number of amides is 1. The first-order valence-corrected chi connectivity index (χ1v) is 12.8. The maximum absolute atomic E-state index is 13.4. The molecule has 0 bridgehead atoms. The van der Waals surface area contributed by atoms with E-state index >= 15 is 0 Å². The molecule has 0 aromatic heterocycles. The Morgan fingerprint density at radius 3 is 2.42 bits per heavy atom. The second-order valence-corrected chi connectivity index (χ2v) is 10.1. The van der Waals surface area contributed by atoms with Crippen LogP contribution in [0.5, 0.6) is 11.5 Å². The van der Waals surface area contributed by atoms with Gasteiger partial charge >= 0.3 is 29.6 Å². The first kappa shape index (κ1) is 29.9. The summed E-state index contributed by atoms with van der Waals surface area (Å²) < 4.78 is 38.2. The number of fused-ring (bicyclic) bond motifs is 1. The van der Waals surface area contributed by atoms with Gasteiger partial charge in [0.15, 0.2) is 0 Å². The van der Waals surface area contributed by atoms with Crippen molar-refractivity contribution in [1.29, 1.82) is 0 Å². The van der Waals surface area contributed by atoms with Gasteiger partial charge in [0.1, 0.15) is 10.6 Å². The molecule has 0 aliphatic heterocycles. The minimum Gasteiger partial charge on any atom is -0.870 e. The third-order valence-corrected chi connectivity index (χ3v) is 6.90. The van der Waals surface area contributed by atoms with Crippen molar-refractivity contribution in [3.8, 4) is 11.5 Å². The van der Waals surface area contributed by atoms with Crippen LogP contribution in [0, 0.1) is 6.92 Å². The van der Waals surface area contributed by atoms with Crippen molar-refractivity contribution in [2.75, 3.05) is 12.4 Å². The number of hydrogen-bond donors (Lipinski definition) is 2. The predicted octanol–water partition coefficient (Wildman–Crippen LogP) is 3.46. The molecule has 0 atom stereocenters. The number of rotatable bonds is 6. The van der Waals surface area contributed by atoms with E-state index in [9.17, 15) is 22.9 Å². The maximum atomic E-state index is 13.4. The summed E-state index contributed by atoms with van der Waals surface area (Å²) in [5.74, 6) is -1.11. The monoisotopic (exact) mass is 581 g/mol. The fourth-order valence-electron chi connectivity index (χ4n) is 3.65. The van der Waals surface area contributed by atoms with Gasteiger partial charge in [-0.25, -0.2) is 0 Å². The average Bonchev–Trinajstić information content (AvgIpc) is 2.85. The normalized spacial score (nSPS) is 11.4. The minimum atomic E-state index is -4.58. The van der Waals surface area contributed by atoms with Crippen LogP contribution in [0.1, 0.15) is 15.9 Å². The number of nitrogens with one attached hydrogen (secondary N) is 1. The molecule has 4 rings (SSSR count). The number of anilines is 1. The third kappa shape index (κ3) is 6.29. The van der Waals surface area contributed by atoms with Crippen LogP contribution < -0.4 is 44.7 Å². The number of hydrogen-bond acceptors (Lipinski definition) is 7. The number of azo groups is 1. The molecular weight excluding hydrogens is 564 g/mol. The molecule has 0 heterocycles. The van der Waals surface area contributed by atoms with Crippen LogP contribution in [-0.4, -0.2) is 26.0 Å². The number of benzene rings is 4. The Morgan fingerprint density at radius 1 is 1.03 bits per heavy atom. The molecule has 9 nitrogen and oxygen atoms in total. The molecule has 0 saturated heterocycles. The average molecular weight is 582 g/mol. The van der Waals surface area contributed by atoms with Crippen molar-refractivity contribution >= 4 is 67.1 Å². The number of methoxy groups -OCH3 is 1. The molecule has 13 heteroatoms. The van der Waals surface area contributed by atoms with Crippen LogP contribution >= 0.6 is 23.2 Å². The smallest absolute Gasteiger partial charge is 0.870 e. The van der Waals surface area contributed by atoms with Gasteiger partial charge in [-0.15, -0.1) is 0 Å². The van der Waals surface area contributed by atoms with Crippen LogP contribution in [0.2, 0.25) is 10.0 Å². The van der Waals surface area contributed by atoms with Gasteiger partial charge in [-0.1, -0.05) is 53.2 Å². The molecule has 4 aromatic rings. The summed E-state index contributed by atoms with van der Waals surface area (Å²) >= 11 is 12.0. The van der Waals surface area contributed by atoms with E-state index in [1.807, 2.05) is 0 Å². The van der Waals surface area contributed by atoms with Gasteiger partial charge in [0.05, 0.1) is 24.2 Å². The van der Waals surface area contributed by atoms with E-state index in [2.05, 4.69) is 15.5 Å². The Hall–Kier alpha value is -2.70. The molecule has 4 aromatic carbocycles. The van der Waals surface area contributed by atoms with Gasteiger partial charge < -0.3 is 15.2 Å². The third-order valence-electron chi connectivity index (χ3n) is 5.46. The quantitative estimate of drug-likeness (QED) is 0.203. The zero-order chi connectivity index (χ0) is 26.9. The van der Waals surface area contributed by atoms with Crippen LogP contribution in [0.4, 0.5) is 17.1 Å². The van der Waals surface area contributed by atoms with Crippen LogP contribution in [0.15, 0.2) is 75.8 Å². The Labute approximate surface area is 250 Å². The van der Waals surface area contributed by atoms with E-state index < -0.39 is 26.7 Å². The fraction of sp³-hybridized carbons (Fsp3) is 0.0800. The molecule has 0 unspecified atom stereocenters. The molecule has 38 heavy (non-hydrogen) atoms. The summed E-state index contributed by atoms with van der Waals surface area (Å²) in [6.45, 7) is 1.41. The summed E-state index contributed by atoms with van der Waals surface area (Å²) in [6.07, 6.45) is 0. The summed E-state index contributed by atoms with van der Waals surface area (Å²) in [5.41, 5.74) is 0.0608. The number of ether oxygens (including phenoxy) is 1. The number of halogens is 2. The van der Waals surface area contributed by atoms with E-state index in [0.717, 1.165) is 6.07 Å². The Kier molecular flexibility index (Phi) is 9.43. The number of carbonyl (C=O) groups excluding carboxylic acids is 1.